The zero-order valence-electron chi connectivity index (χ0n) is 15.2. The van der Waals surface area contributed by atoms with Gasteiger partial charge in [-0.25, -0.2) is 4.79 Å². The number of aromatic carboxylic acids is 1. The fraction of sp³-hybridized carbons (Fsp3) is 0.632. The molecular formula is C19H29ClN2O3. The number of hydrogen-bond acceptors (Lipinski definition) is 4. The summed E-state index contributed by atoms with van der Waals surface area (Å²) in [4.78, 5) is 14.0. The van der Waals surface area contributed by atoms with E-state index in [1.807, 2.05) is 0 Å². The van der Waals surface area contributed by atoms with Crippen molar-refractivity contribution in [3.05, 3.63) is 22.2 Å². The molecule has 1 aromatic rings. The lowest BCUT2D eigenvalue weighted by Gasteiger charge is -2.33. The van der Waals surface area contributed by atoms with Crippen molar-refractivity contribution in [2.75, 3.05) is 32.5 Å². The molecule has 1 aliphatic rings. The maximum absolute atomic E-state index is 11.5. The number of halogens is 1. The van der Waals surface area contributed by atoms with Gasteiger partial charge in [-0.05, 0) is 57.2 Å². The third kappa shape index (κ3) is 5.02. The number of carboxylic acids is 1. The van der Waals surface area contributed by atoms with E-state index in [4.69, 9.17) is 22.1 Å². The molecule has 1 saturated heterocycles. The number of likely N-dealkylation sites (tertiary alicyclic amines) is 1. The first-order chi connectivity index (χ1) is 12.0. The number of rotatable bonds is 8. The number of nitrogen functional groups attached to an aromatic ring is 1. The molecule has 1 aromatic carbocycles. The molecule has 1 atom stereocenters. The second kappa shape index (κ2) is 9.30. The molecule has 25 heavy (non-hydrogen) atoms. The van der Waals surface area contributed by atoms with E-state index in [9.17, 15) is 9.90 Å². The molecule has 3 N–H and O–H groups in total. The average molecular weight is 369 g/mol. The number of methoxy groups -OCH3 is 1. The van der Waals surface area contributed by atoms with E-state index in [0.29, 0.717) is 23.8 Å². The Morgan fingerprint density at radius 3 is 2.92 bits per heavy atom. The third-order valence-corrected chi connectivity index (χ3v) is 5.35. The van der Waals surface area contributed by atoms with Crippen molar-refractivity contribution in [2.24, 2.45) is 5.92 Å². The monoisotopic (exact) mass is 368 g/mol. The number of carboxylic acid groups (broad SMARTS) is 1. The van der Waals surface area contributed by atoms with Crippen molar-refractivity contribution >= 4 is 23.3 Å². The van der Waals surface area contributed by atoms with E-state index in [2.05, 4.69) is 11.8 Å². The van der Waals surface area contributed by atoms with Crippen LogP contribution >= 0.6 is 11.6 Å². The van der Waals surface area contributed by atoms with Gasteiger partial charge >= 0.3 is 5.97 Å². The first-order valence-corrected chi connectivity index (χ1v) is 9.46. The molecule has 1 fully saturated rings. The normalized spacial score (nSPS) is 18.3. The Kier molecular flexibility index (Phi) is 7.38. The van der Waals surface area contributed by atoms with Gasteiger partial charge in [0.15, 0.2) is 0 Å². The molecule has 0 spiro atoms. The van der Waals surface area contributed by atoms with E-state index in [1.54, 1.807) is 0 Å². The minimum Gasteiger partial charge on any atom is -0.495 e. The van der Waals surface area contributed by atoms with Gasteiger partial charge in [-0.3, -0.25) is 0 Å². The maximum Gasteiger partial charge on any atom is 0.339 e. The van der Waals surface area contributed by atoms with Crippen LogP contribution in [-0.2, 0) is 6.42 Å². The predicted molar refractivity (Wildman–Crippen MR) is 102 cm³/mol. The van der Waals surface area contributed by atoms with Crippen LogP contribution in [0, 0.1) is 5.92 Å². The zero-order chi connectivity index (χ0) is 18.4. The van der Waals surface area contributed by atoms with Crippen molar-refractivity contribution in [1.82, 2.24) is 4.90 Å². The molecule has 0 aromatic heterocycles. The van der Waals surface area contributed by atoms with Crippen LogP contribution < -0.4 is 10.5 Å². The Morgan fingerprint density at radius 2 is 2.28 bits per heavy atom. The quantitative estimate of drug-likeness (QED) is 0.676. The number of nitrogens with zero attached hydrogens (tertiary/aromatic N) is 1. The summed E-state index contributed by atoms with van der Waals surface area (Å²) in [5.74, 6) is -0.113. The largest absolute Gasteiger partial charge is 0.495 e. The molecule has 1 aliphatic heterocycles. The number of ether oxygens (including phenoxy) is 1. The van der Waals surface area contributed by atoms with E-state index < -0.39 is 5.97 Å². The number of nitrogens with two attached hydrogens (primary N) is 1. The summed E-state index contributed by atoms with van der Waals surface area (Å²) in [6.45, 7) is 5.67. The zero-order valence-corrected chi connectivity index (χ0v) is 15.9. The number of carbonyl (C=O) groups is 1. The van der Waals surface area contributed by atoms with Crippen molar-refractivity contribution < 1.29 is 14.6 Å². The van der Waals surface area contributed by atoms with Crippen LogP contribution in [0.25, 0.3) is 0 Å². The molecule has 0 radical (unpaired) electrons. The van der Waals surface area contributed by atoms with E-state index in [-0.39, 0.29) is 10.6 Å². The topological polar surface area (TPSA) is 75.8 Å². The van der Waals surface area contributed by atoms with Crippen LogP contribution in [0.1, 0.15) is 54.9 Å². The summed E-state index contributed by atoms with van der Waals surface area (Å²) in [5, 5.41) is 9.66. The van der Waals surface area contributed by atoms with Crippen LogP contribution in [0.2, 0.25) is 5.02 Å². The third-order valence-electron chi connectivity index (χ3n) is 5.04. The Morgan fingerprint density at radius 1 is 1.52 bits per heavy atom. The van der Waals surface area contributed by atoms with Gasteiger partial charge in [-0.15, -0.1) is 0 Å². The molecular weight excluding hydrogens is 340 g/mol. The lowest BCUT2D eigenvalue weighted by molar-refractivity contribution is 0.0693. The minimum atomic E-state index is -1.05. The average Bonchev–Trinajstić information content (AvgIpc) is 2.60. The Hall–Kier alpha value is -1.46. The highest BCUT2D eigenvalue weighted by Gasteiger charge is 2.23. The number of unbranched alkanes of at least 4 members (excludes halogenated alkanes) is 1. The number of benzene rings is 1. The fourth-order valence-electron chi connectivity index (χ4n) is 3.66. The molecule has 0 bridgehead atoms. The van der Waals surface area contributed by atoms with Crippen molar-refractivity contribution in [1.29, 1.82) is 0 Å². The van der Waals surface area contributed by atoms with Gasteiger partial charge in [0.25, 0.3) is 0 Å². The van der Waals surface area contributed by atoms with Crippen LogP contribution in [-0.4, -0.2) is 42.7 Å². The summed E-state index contributed by atoms with van der Waals surface area (Å²) < 4.78 is 5.36. The fourth-order valence-corrected chi connectivity index (χ4v) is 3.88. The highest BCUT2D eigenvalue weighted by atomic mass is 35.5. The Balaban J connectivity index is 2.10. The van der Waals surface area contributed by atoms with Crippen LogP contribution in [0.15, 0.2) is 6.07 Å². The number of piperidine rings is 1. The molecule has 0 saturated carbocycles. The molecule has 1 heterocycles. The minimum absolute atomic E-state index is 0.0740. The van der Waals surface area contributed by atoms with Crippen LogP contribution in [0.5, 0.6) is 5.75 Å². The first kappa shape index (κ1) is 19.9. The Labute approximate surface area is 155 Å². The Bertz CT molecular complexity index is 607. The predicted octanol–water partition coefficient (Wildman–Crippen LogP) is 4.07. The van der Waals surface area contributed by atoms with E-state index >= 15 is 0 Å². The molecule has 6 heteroatoms. The van der Waals surface area contributed by atoms with Gasteiger partial charge in [0, 0.05) is 12.1 Å². The summed E-state index contributed by atoms with van der Waals surface area (Å²) in [6.07, 6.45) is 6.53. The molecule has 5 nitrogen and oxygen atoms in total. The van der Waals surface area contributed by atoms with Crippen molar-refractivity contribution in [2.45, 2.75) is 45.4 Å². The summed E-state index contributed by atoms with van der Waals surface area (Å²) in [6, 6.07) is 1.37. The lowest BCUT2D eigenvalue weighted by Crippen LogP contribution is -2.36. The van der Waals surface area contributed by atoms with Gasteiger partial charge in [0.2, 0.25) is 0 Å². The molecule has 1 unspecified atom stereocenters. The second-order valence-electron chi connectivity index (χ2n) is 6.84. The number of hydrogen-bond donors (Lipinski definition) is 2. The first-order valence-electron chi connectivity index (χ1n) is 9.08. The van der Waals surface area contributed by atoms with Gasteiger partial charge in [0.05, 0.1) is 17.8 Å². The standard InChI is InChI=1S/C19H29ClN2O3/c1-3-4-9-22-10-5-6-13(12-22)7-8-14-17(21)16(20)11-15(19(23)24)18(14)25-2/h11,13H,3-10,12,21H2,1-2H3,(H,23,24). The maximum atomic E-state index is 11.5. The molecule has 0 amide bonds. The van der Waals surface area contributed by atoms with Gasteiger partial charge < -0.3 is 20.5 Å². The van der Waals surface area contributed by atoms with Gasteiger partial charge in [0.1, 0.15) is 11.3 Å². The summed E-state index contributed by atoms with van der Waals surface area (Å²) >= 11 is 6.14. The van der Waals surface area contributed by atoms with Crippen molar-refractivity contribution in [3.8, 4) is 5.75 Å². The SMILES string of the molecule is CCCCN1CCCC(CCc2c(N)c(Cl)cc(C(=O)O)c2OC)C1. The smallest absolute Gasteiger partial charge is 0.339 e. The highest BCUT2D eigenvalue weighted by molar-refractivity contribution is 6.33. The van der Waals surface area contributed by atoms with Crippen LogP contribution in [0.4, 0.5) is 5.69 Å². The van der Waals surface area contributed by atoms with Crippen molar-refractivity contribution in [3.63, 3.8) is 0 Å². The summed E-state index contributed by atoms with van der Waals surface area (Å²) in [7, 11) is 1.48. The highest BCUT2D eigenvalue weighted by Crippen LogP contribution is 2.37. The second-order valence-corrected chi connectivity index (χ2v) is 7.24. The lowest BCUT2D eigenvalue weighted by atomic mass is 9.90. The van der Waals surface area contributed by atoms with E-state index in [0.717, 1.165) is 18.5 Å². The summed E-state index contributed by atoms with van der Waals surface area (Å²) in [5.41, 5.74) is 7.35. The van der Waals surface area contributed by atoms with Crippen LogP contribution in [0.3, 0.4) is 0 Å². The molecule has 2 rings (SSSR count). The van der Waals surface area contributed by atoms with Gasteiger partial charge in [-0.2, -0.15) is 0 Å². The number of anilines is 1. The molecule has 140 valence electrons. The van der Waals surface area contributed by atoms with Gasteiger partial charge in [-0.1, -0.05) is 24.9 Å². The molecule has 0 aliphatic carbocycles. The van der Waals surface area contributed by atoms with E-state index in [1.165, 1.54) is 51.9 Å².